The number of hydrogen-bond acceptors (Lipinski definition) is 5. The van der Waals surface area contributed by atoms with Gasteiger partial charge in [-0.2, -0.15) is 0 Å². The number of piperidine rings is 1. The largest absolute Gasteiger partial charge is 0.339 e. The Bertz CT molecular complexity index is 708. The van der Waals surface area contributed by atoms with Crippen LogP contribution in [0.15, 0.2) is 18.5 Å². The molecule has 138 valence electrons. The molecule has 3 rings (SSSR count). The highest BCUT2D eigenvalue weighted by molar-refractivity contribution is 7.89. The summed E-state index contributed by atoms with van der Waals surface area (Å²) >= 11 is 0. The highest BCUT2D eigenvalue weighted by Crippen LogP contribution is 2.21. The number of sulfonamides is 1. The SMILES string of the molecule is NS(=O)(=O)CC1CCN(C(=O)c2cncc(CC3CCNC3)c2)CC1. The van der Waals surface area contributed by atoms with Crippen LogP contribution in [0.3, 0.4) is 0 Å². The van der Waals surface area contributed by atoms with E-state index in [-0.39, 0.29) is 17.6 Å². The van der Waals surface area contributed by atoms with E-state index in [1.54, 1.807) is 11.1 Å². The highest BCUT2D eigenvalue weighted by Gasteiger charge is 2.26. The van der Waals surface area contributed by atoms with Crippen molar-refractivity contribution in [2.24, 2.45) is 17.0 Å². The first-order chi connectivity index (χ1) is 11.9. The van der Waals surface area contributed by atoms with Gasteiger partial charge in [0.15, 0.2) is 0 Å². The quantitative estimate of drug-likeness (QED) is 0.783. The molecule has 2 saturated heterocycles. The summed E-state index contributed by atoms with van der Waals surface area (Å²) in [5.41, 5.74) is 1.72. The zero-order valence-corrected chi connectivity index (χ0v) is 15.2. The average Bonchev–Trinajstić information content (AvgIpc) is 3.07. The zero-order valence-electron chi connectivity index (χ0n) is 14.4. The fourth-order valence-corrected chi connectivity index (χ4v) is 4.74. The van der Waals surface area contributed by atoms with Gasteiger partial charge >= 0.3 is 0 Å². The van der Waals surface area contributed by atoms with Gasteiger partial charge in [-0.25, -0.2) is 13.6 Å². The molecule has 25 heavy (non-hydrogen) atoms. The van der Waals surface area contributed by atoms with E-state index in [1.807, 2.05) is 12.3 Å². The average molecular weight is 366 g/mol. The standard InChI is InChI=1S/C17H26N4O3S/c18-25(23,24)12-13-2-5-21(6-3-13)17(22)16-8-15(10-20-11-16)7-14-1-4-19-9-14/h8,10-11,13-14,19H,1-7,9,12H2,(H2,18,23,24). The van der Waals surface area contributed by atoms with Crippen molar-refractivity contribution in [2.45, 2.75) is 25.7 Å². The van der Waals surface area contributed by atoms with Crippen LogP contribution in [0.1, 0.15) is 35.2 Å². The summed E-state index contributed by atoms with van der Waals surface area (Å²) in [6.45, 7) is 3.21. The number of amides is 1. The molecule has 0 bridgehead atoms. The van der Waals surface area contributed by atoms with E-state index >= 15 is 0 Å². The van der Waals surface area contributed by atoms with Crippen molar-refractivity contribution in [3.63, 3.8) is 0 Å². The molecular formula is C17H26N4O3S. The third-order valence-electron chi connectivity index (χ3n) is 5.10. The summed E-state index contributed by atoms with van der Waals surface area (Å²) in [5, 5.41) is 8.47. The molecule has 0 aromatic carbocycles. The number of carbonyl (C=O) groups excluding carboxylic acids is 1. The van der Waals surface area contributed by atoms with E-state index in [9.17, 15) is 13.2 Å². The van der Waals surface area contributed by atoms with Crippen LogP contribution in [-0.4, -0.2) is 56.1 Å². The summed E-state index contributed by atoms with van der Waals surface area (Å²) < 4.78 is 22.4. The number of carbonyl (C=O) groups is 1. The Morgan fingerprint density at radius 1 is 1.24 bits per heavy atom. The van der Waals surface area contributed by atoms with Crippen LogP contribution in [0.4, 0.5) is 0 Å². The topological polar surface area (TPSA) is 105 Å². The molecule has 1 unspecified atom stereocenters. The molecule has 0 aliphatic carbocycles. The second kappa shape index (κ2) is 7.80. The van der Waals surface area contributed by atoms with E-state index in [2.05, 4.69) is 10.3 Å². The lowest BCUT2D eigenvalue weighted by Gasteiger charge is -2.31. The lowest BCUT2D eigenvalue weighted by atomic mass is 9.97. The Morgan fingerprint density at radius 2 is 2.00 bits per heavy atom. The van der Waals surface area contributed by atoms with Crippen LogP contribution < -0.4 is 10.5 Å². The summed E-state index contributed by atoms with van der Waals surface area (Å²) in [7, 11) is -3.45. The maximum Gasteiger partial charge on any atom is 0.255 e. The molecule has 0 spiro atoms. The molecule has 7 nitrogen and oxygen atoms in total. The maximum absolute atomic E-state index is 12.7. The first kappa shape index (κ1) is 18.3. The summed E-state index contributed by atoms with van der Waals surface area (Å²) in [4.78, 5) is 18.7. The molecule has 1 amide bonds. The van der Waals surface area contributed by atoms with Crippen molar-refractivity contribution in [2.75, 3.05) is 31.9 Å². The molecule has 2 fully saturated rings. The fraction of sp³-hybridized carbons (Fsp3) is 0.647. The van der Waals surface area contributed by atoms with E-state index < -0.39 is 10.0 Å². The van der Waals surface area contributed by atoms with Crippen molar-refractivity contribution in [3.8, 4) is 0 Å². The predicted molar refractivity (Wildman–Crippen MR) is 95.5 cm³/mol. The van der Waals surface area contributed by atoms with Gasteiger partial charge in [0.05, 0.1) is 11.3 Å². The molecule has 8 heteroatoms. The smallest absolute Gasteiger partial charge is 0.255 e. The van der Waals surface area contributed by atoms with Crippen LogP contribution in [0, 0.1) is 11.8 Å². The van der Waals surface area contributed by atoms with Crippen LogP contribution in [-0.2, 0) is 16.4 Å². The van der Waals surface area contributed by atoms with Gasteiger partial charge in [-0.15, -0.1) is 0 Å². The molecule has 0 radical (unpaired) electrons. The van der Waals surface area contributed by atoms with E-state index in [0.29, 0.717) is 37.4 Å². The molecule has 2 aliphatic rings. The number of likely N-dealkylation sites (tertiary alicyclic amines) is 1. The van der Waals surface area contributed by atoms with Crippen LogP contribution in [0.5, 0.6) is 0 Å². The molecule has 1 atom stereocenters. The number of aromatic nitrogens is 1. The lowest BCUT2D eigenvalue weighted by molar-refractivity contribution is 0.0697. The third-order valence-corrected chi connectivity index (χ3v) is 6.03. The minimum atomic E-state index is -3.45. The second-order valence-electron chi connectivity index (χ2n) is 7.21. The van der Waals surface area contributed by atoms with Crippen molar-refractivity contribution >= 4 is 15.9 Å². The number of rotatable bonds is 5. The summed E-state index contributed by atoms with van der Waals surface area (Å²) in [5.74, 6) is 0.633. The minimum absolute atomic E-state index is 0.00148. The van der Waals surface area contributed by atoms with Gasteiger partial charge in [0.25, 0.3) is 5.91 Å². The van der Waals surface area contributed by atoms with Crippen LogP contribution in [0.25, 0.3) is 0 Å². The first-order valence-electron chi connectivity index (χ1n) is 8.85. The first-order valence-corrected chi connectivity index (χ1v) is 10.6. The maximum atomic E-state index is 12.7. The Kier molecular flexibility index (Phi) is 5.71. The van der Waals surface area contributed by atoms with Crippen molar-refractivity contribution in [1.29, 1.82) is 0 Å². The summed E-state index contributed by atoms with van der Waals surface area (Å²) in [6.07, 6.45) is 6.90. The Hall–Kier alpha value is -1.51. The highest BCUT2D eigenvalue weighted by atomic mass is 32.2. The van der Waals surface area contributed by atoms with Gasteiger partial charge in [0.2, 0.25) is 10.0 Å². The molecule has 3 heterocycles. The van der Waals surface area contributed by atoms with Crippen molar-refractivity contribution in [1.82, 2.24) is 15.2 Å². The van der Waals surface area contributed by atoms with Crippen LogP contribution in [0.2, 0.25) is 0 Å². The number of nitrogens with one attached hydrogen (secondary N) is 1. The van der Waals surface area contributed by atoms with E-state index in [4.69, 9.17) is 5.14 Å². The fourth-order valence-electron chi connectivity index (χ4n) is 3.75. The molecule has 0 saturated carbocycles. The number of pyridine rings is 1. The van der Waals surface area contributed by atoms with Gasteiger partial charge in [-0.05, 0) is 62.2 Å². The number of primary sulfonamides is 1. The Labute approximate surface area is 149 Å². The Balaban J connectivity index is 1.58. The molecule has 1 aromatic heterocycles. The zero-order chi connectivity index (χ0) is 17.9. The monoisotopic (exact) mass is 366 g/mol. The van der Waals surface area contributed by atoms with Crippen molar-refractivity contribution in [3.05, 3.63) is 29.6 Å². The summed E-state index contributed by atoms with van der Waals surface area (Å²) in [6, 6.07) is 1.95. The van der Waals surface area contributed by atoms with Gasteiger partial charge < -0.3 is 10.2 Å². The predicted octanol–water partition coefficient (Wildman–Crippen LogP) is 0.374. The molecule has 3 N–H and O–H groups in total. The molecular weight excluding hydrogens is 340 g/mol. The lowest BCUT2D eigenvalue weighted by Crippen LogP contribution is -2.40. The number of hydrogen-bond donors (Lipinski definition) is 2. The minimum Gasteiger partial charge on any atom is -0.339 e. The van der Waals surface area contributed by atoms with E-state index in [1.165, 1.54) is 0 Å². The normalized spacial score (nSPS) is 22.3. The number of nitrogens with zero attached hydrogens (tertiary/aromatic N) is 2. The van der Waals surface area contributed by atoms with E-state index in [0.717, 1.165) is 31.5 Å². The van der Waals surface area contributed by atoms with Crippen LogP contribution >= 0.6 is 0 Å². The van der Waals surface area contributed by atoms with Gasteiger partial charge in [-0.1, -0.05) is 0 Å². The van der Waals surface area contributed by atoms with Gasteiger partial charge in [-0.3, -0.25) is 9.78 Å². The van der Waals surface area contributed by atoms with Gasteiger partial charge in [0, 0.05) is 25.5 Å². The third kappa shape index (κ3) is 5.23. The molecule has 2 aliphatic heterocycles. The Morgan fingerprint density at radius 3 is 2.64 bits per heavy atom. The second-order valence-corrected chi connectivity index (χ2v) is 8.87. The van der Waals surface area contributed by atoms with Crippen molar-refractivity contribution < 1.29 is 13.2 Å². The number of nitrogens with two attached hydrogens (primary N) is 1. The molecule has 1 aromatic rings. The van der Waals surface area contributed by atoms with Gasteiger partial charge in [0.1, 0.15) is 0 Å².